The van der Waals surface area contributed by atoms with Gasteiger partial charge in [0, 0.05) is 25.7 Å². The predicted octanol–water partition coefficient (Wildman–Crippen LogP) is 4.39. The summed E-state index contributed by atoms with van der Waals surface area (Å²) in [5.74, 6) is -2.49. The third-order valence-corrected chi connectivity index (χ3v) is 14.7. The Bertz CT molecular complexity index is 1400. The number of rotatable bonds is 18. The molecule has 4 rings (SSSR count). The largest absolute Gasteiger partial charge is 0.347 e. The summed E-state index contributed by atoms with van der Waals surface area (Å²) in [5, 5.41) is 11.8. The van der Waals surface area contributed by atoms with E-state index in [4.69, 9.17) is 0 Å². The van der Waals surface area contributed by atoms with Crippen molar-refractivity contribution in [2.75, 3.05) is 25.4 Å². The second kappa shape index (κ2) is 18.7. The number of Topliss-reactive ketones (excluding diaryl/α,β-unsaturated/α-hetero) is 1. The Kier molecular flexibility index (Phi) is 15.2. The zero-order chi connectivity index (χ0) is 39.0. The van der Waals surface area contributed by atoms with E-state index in [1.807, 2.05) is 27.7 Å². The smallest absolute Gasteiger partial charge is 0.315 e. The lowest BCUT2D eigenvalue weighted by atomic mass is 9.70. The van der Waals surface area contributed by atoms with E-state index in [2.05, 4.69) is 21.3 Å². The van der Waals surface area contributed by atoms with E-state index in [9.17, 15) is 32.4 Å². The summed E-state index contributed by atoms with van der Waals surface area (Å²) in [5.41, 5.74) is -1.55. The average molecular weight is 765 g/mol. The maximum atomic E-state index is 14.9. The van der Waals surface area contributed by atoms with Crippen molar-refractivity contribution in [1.82, 2.24) is 30.5 Å². The highest BCUT2D eigenvalue weighted by Crippen LogP contribution is 2.41. The molecule has 5 amide bonds. The molecule has 3 saturated carbocycles. The van der Waals surface area contributed by atoms with Crippen LogP contribution in [0.1, 0.15) is 144 Å². The molecule has 53 heavy (non-hydrogen) atoms. The van der Waals surface area contributed by atoms with Gasteiger partial charge in [0.2, 0.25) is 27.6 Å². The van der Waals surface area contributed by atoms with Crippen molar-refractivity contribution in [3.8, 4) is 0 Å². The van der Waals surface area contributed by atoms with Crippen molar-refractivity contribution in [2.45, 2.75) is 174 Å². The number of amides is 5. The van der Waals surface area contributed by atoms with Gasteiger partial charge in [-0.15, -0.1) is 0 Å². The van der Waals surface area contributed by atoms with E-state index in [1.54, 1.807) is 18.7 Å². The molecule has 0 aromatic carbocycles. The fraction of sp³-hybridized carbons (Fsp3) is 0.872. The predicted molar refractivity (Wildman–Crippen MR) is 205 cm³/mol. The molecule has 13 nitrogen and oxygen atoms in total. The van der Waals surface area contributed by atoms with E-state index in [-0.39, 0.29) is 29.5 Å². The monoisotopic (exact) mass is 764 g/mol. The molecule has 14 heteroatoms. The summed E-state index contributed by atoms with van der Waals surface area (Å²) in [4.78, 5) is 71.1. The second-order valence-corrected chi connectivity index (χ2v) is 18.9. The van der Waals surface area contributed by atoms with Crippen molar-refractivity contribution in [3.63, 3.8) is 0 Å². The topological polar surface area (TPSA) is 174 Å². The van der Waals surface area contributed by atoms with Crippen LogP contribution in [0, 0.1) is 17.3 Å². The van der Waals surface area contributed by atoms with E-state index in [1.165, 1.54) is 4.31 Å². The summed E-state index contributed by atoms with van der Waals surface area (Å²) < 4.78 is 28.5. The Balaban J connectivity index is 1.61. The van der Waals surface area contributed by atoms with Gasteiger partial charge >= 0.3 is 6.03 Å². The summed E-state index contributed by atoms with van der Waals surface area (Å²) in [6.07, 6.45) is 11.9. The van der Waals surface area contributed by atoms with Crippen LogP contribution in [0.4, 0.5) is 4.79 Å². The fourth-order valence-corrected chi connectivity index (χ4v) is 11.0. The molecule has 1 aliphatic heterocycles. The molecule has 0 unspecified atom stereocenters. The summed E-state index contributed by atoms with van der Waals surface area (Å²) in [6.45, 7) is 12.7. The van der Waals surface area contributed by atoms with Crippen molar-refractivity contribution in [3.05, 3.63) is 0 Å². The molecule has 4 atom stereocenters. The summed E-state index contributed by atoms with van der Waals surface area (Å²) >= 11 is 0. The molecule has 0 aromatic heterocycles. The third-order valence-electron chi connectivity index (χ3n) is 12.4. The number of ketones is 1. The third kappa shape index (κ3) is 10.9. The Hall–Kier alpha value is -2.74. The minimum atomic E-state index is -3.66. The molecular weight excluding hydrogens is 697 g/mol. The highest BCUT2D eigenvalue weighted by molar-refractivity contribution is 7.89. The van der Waals surface area contributed by atoms with Gasteiger partial charge in [-0.25, -0.2) is 17.5 Å². The van der Waals surface area contributed by atoms with Crippen LogP contribution in [-0.2, 0) is 29.2 Å². The highest BCUT2D eigenvalue weighted by Gasteiger charge is 2.50. The van der Waals surface area contributed by atoms with Gasteiger partial charge in [-0.05, 0) is 68.6 Å². The molecule has 4 N–H and O–H groups in total. The maximum absolute atomic E-state index is 14.9. The van der Waals surface area contributed by atoms with Crippen LogP contribution in [-0.4, -0.2) is 102 Å². The number of sulfonamides is 1. The number of hydrogen-bond donors (Lipinski definition) is 4. The quantitative estimate of drug-likeness (QED) is 0.150. The first-order valence-electron chi connectivity index (χ1n) is 20.6. The molecular formula is C39H68N6O7S. The fourth-order valence-electron chi connectivity index (χ4n) is 9.02. The average Bonchev–Trinajstić information content (AvgIpc) is 3.81. The minimum absolute atomic E-state index is 0.00444. The molecule has 4 fully saturated rings. The number of nitrogens with zero attached hydrogens (tertiary/aromatic N) is 2. The van der Waals surface area contributed by atoms with Gasteiger partial charge in [-0.1, -0.05) is 92.9 Å². The van der Waals surface area contributed by atoms with Crippen molar-refractivity contribution in [2.24, 2.45) is 17.3 Å². The summed E-state index contributed by atoms with van der Waals surface area (Å²) in [6, 6.07) is -3.40. The van der Waals surface area contributed by atoms with Crippen LogP contribution in [0.5, 0.6) is 0 Å². The van der Waals surface area contributed by atoms with Gasteiger partial charge in [-0.2, -0.15) is 0 Å². The Labute approximate surface area is 318 Å². The van der Waals surface area contributed by atoms with Crippen LogP contribution in [0.25, 0.3) is 0 Å². The Morgan fingerprint density at radius 2 is 1.45 bits per heavy atom. The van der Waals surface area contributed by atoms with Gasteiger partial charge in [-0.3, -0.25) is 19.2 Å². The number of hydrogen-bond acceptors (Lipinski definition) is 7. The first-order valence-corrected chi connectivity index (χ1v) is 22.2. The van der Waals surface area contributed by atoms with Crippen molar-refractivity contribution >= 4 is 39.6 Å². The Morgan fingerprint density at radius 1 is 0.849 bits per heavy atom. The van der Waals surface area contributed by atoms with Crippen LogP contribution in [0.2, 0.25) is 0 Å². The molecule has 0 bridgehead atoms. The molecule has 4 aliphatic rings. The number of likely N-dealkylation sites (tertiary alicyclic amines) is 1. The van der Waals surface area contributed by atoms with Gasteiger partial charge in [0.05, 0.1) is 17.3 Å². The number of carbonyl (C=O) groups is 5. The number of urea groups is 1. The highest BCUT2D eigenvalue weighted by atomic mass is 32.2. The van der Waals surface area contributed by atoms with E-state index in [0.29, 0.717) is 64.6 Å². The molecule has 1 saturated heterocycles. The first-order chi connectivity index (χ1) is 25.1. The zero-order valence-electron chi connectivity index (χ0n) is 33.3. The normalized spacial score (nSPS) is 24.0. The number of nitrogens with one attached hydrogen (secondary N) is 4. The SMILES string of the molecule is CCCC[C@H](NC(=O)[C@@H]1[C@@H](C(C)C)CCN1C(=O)[C@@H](NC(=O)NC1(CS(=O)(=O)N(CC)CC)CCCCC1)C1(C)CCCCC1)C(=O)C(=O)NC1CC1. The lowest BCUT2D eigenvalue weighted by molar-refractivity contribution is -0.145. The zero-order valence-corrected chi connectivity index (χ0v) is 34.1. The lowest BCUT2D eigenvalue weighted by Gasteiger charge is -2.44. The molecule has 0 spiro atoms. The van der Waals surface area contributed by atoms with Crippen LogP contribution >= 0.6 is 0 Å². The van der Waals surface area contributed by atoms with Crippen LogP contribution < -0.4 is 21.3 Å². The van der Waals surface area contributed by atoms with Gasteiger partial charge in [0.1, 0.15) is 12.1 Å². The molecule has 0 aromatic rings. The molecule has 0 radical (unpaired) electrons. The summed E-state index contributed by atoms with van der Waals surface area (Å²) in [7, 11) is -3.66. The molecule has 1 heterocycles. The lowest BCUT2D eigenvalue weighted by Crippen LogP contribution is -2.64. The molecule has 302 valence electrons. The molecule has 3 aliphatic carbocycles. The van der Waals surface area contributed by atoms with Crippen molar-refractivity contribution < 1.29 is 32.4 Å². The van der Waals surface area contributed by atoms with Crippen LogP contribution in [0.3, 0.4) is 0 Å². The van der Waals surface area contributed by atoms with Gasteiger partial charge in [0.25, 0.3) is 5.91 Å². The maximum Gasteiger partial charge on any atom is 0.315 e. The van der Waals surface area contributed by atoms with E-state index >= 15 is 0 Å². The van der Waals surface area contributed by atoms with E-state index in [0.717, 1.165) is 57.8 Å². The van der Waals surface area contributed by atoms with Gasteiger partial charge < -0.3 is 26.2 Å². The number of unbranched alkanes of at least 4 members (excludes halogenated alkanes) is 1. The van der Waals surface area contributed by atoms with Crippen LogP contribution in [0.15, 0.2) is 0 Å². The second-order valence-electron chi connectivity index (χ2n) is 16.9. The number of carbonyl (C=O) groups excluding carboxylic acids is 5. The standard InChI is InChI=1S/C39H68N6O7S/c1-7-10-17-30(32(46)35(48)40-28-18-19-28)41-34(47)31-29(27(4)5)20-25-45(31)36(49)33(38(6)21-13-11-14-22-38)42-37(50)43-39(23-15-12-16-24-39)26-53(51,52)44(8-2)9-3/h27-31,33H,7-26H2,1-6H3,(H,40,48)(H,41,47)(H2,42,43,50)/t29-,30+,31+,33-/m1/s1. The Morgan fingerprint density at radius 3 is 2.00 bits per heavy atom. The van der Waals surface area contributed by atoms with Gasteiger partial charge in [0.15, 0.2) is 0 Å². The first kappa shape index (κ1) is 43.0. The minimum Gasteiger partial charge on any atom is -0.347 e. The van der Waals surface area contributed by atoms with Crippen molar-refractivity contribution in [1.29, 1.82) is 0 Å². The van der Waals surface area contributed by atoms with E-state index < -0.39 is 62.7 Å².